The summed E-state index contributed by atoms with van der Waals surface area (Å²) >= 11 is 0. The van der Waals surface area contributed by atoms with Gasteiger partial charge in [0, 0.05) is 17.4 Å². The predicted molar refractivity (Wildman–Crippen MR) is 164 cm³/mol. The van der Waals surface area contributed by atoms with Crippen LogP contribution in [0.25, 0.3) is 11.4 Å². The Morgan fingerprint density at radius 1 is 0.467 bits per heavy atom. The van der Waals surface area contributed by atoms with Gasteiger partial charge >= 0.3 is 0 Å². The van der Waals surface area contributed by atoms with E-state index in [0.29, 0.717) is 22.8 Å². The summed E-state index contributed by atoms with van der Waals surface area (Å²) in [6.07, 6.45) is 0. The molecule has 0 saturated carbocycles. The topological polar surface area (TPSA) is 166 Å². The van der Waals surface area contributed by atoms with Gasteiger partial charge in [0.1, 0.15) is 22.9 Å². The minimum Gasteiger partial charge on any atom is -0.506 e. The Labute approximate surface area is 269 Å². The number of hydrogen-bond acceptors (Lipinski definition) is 10. The Balaban J connectivity index is 0.000000200. The summed E-state index contributed by atoms with van der Waals surface area (Å²) in [4.78, 5) is 0. The van der Waals surface area contributed by atoms with Gasteiger partial charge in [-0.2, -0.15) is 19.6 Å². The van der Waals surface area contributed by atoms with Crippen molar-refractivity contribution in [2.24, 2.45) is 20.5 Å². The number of hydrogen-bond donors (Lipinski definition) is 4. The van der Waals surface area contributed by atoms with Crippen LogP contribution < -0.4 is 0 Å². The van der Waals surface area contributed by atoms with E-state index in [1.54, 1.807) is 50.2 Å². The molecule has 0 spiro atoms. The second kappa shape index (κ2) is 14.6. The number of para-hydroxylation sites is 4. The number of rotatable bonds is 6. The van der Waals surface area contributed by atoms with Gasteiger partial charge in [0.05, 0.1) is 22.8 Å². The van der Waals surface area contributed by atoms with Crippen molar-refractivity contribution in [2.45, 2.75) is 13.8 Å². The maximum Gasteiger partial charge on any atom is 0.243 e. The second-order valence-electron chi connectivity index (χ2n) is 9.39. The summed E-state index contributed by atoms with van der Waals surface area (Å²) in [6.45, 7) is 3.47. The summed E-state index contributed by atoms with van der Waals surface area (Å²) in [5, 5.41) is 64.4. The van der Waals surface area contributed by atoms with E-state index in [9.17, 15) is 20.4 Å². The van der Waals surface area contributed by atoms with Crippen molar-refractivity contribution in [2.75, 3.05) is 0 Å². The third-order valence-corrected chi connectivity index (χ3v) is 6.29. The van der Waals surface area contributed by atoms with Crippen LogP contribution in [0.5, 0.6) is 23.3 Å². The van der Waals surface area contributed by atoms with Crippen molar-refractivity contribution in [3.05, 3.63) is 121 Å². The summed E-state index contributed by atoms with van der Waals surface area (Å²) < 4.78 is 2.79. The molecular formula is C32H28CrN8O4. The van der Waals surface area contributed by atoms with Crippen molar-refractivity contribution in [1.82, 2.24) is 19.6 Å². The van der Waals surface area contributed by atoms with Crippen LogP contribution in [0, 0.1) is 13.8 Å². The number of phenolic OH excluding ortho intramolecular Hbond substituents is 2. The van der Waals surface area contributed by atoms with E-state index in [1.165, 1.54) is 21.5 Å². The molecule has 45 heavy (non-hydrogen) atoms. The van der Waals surface area contributed by atoms with E-state index < -0.39 is 0 Å². The Morgan fingerprint density at radius 2 is 0.800 bits per heavy atom. The Hall–Kier alpha value is -5.77. The molecule has 2 aromatic heterocycles. The Kier molecular flexibility index (Phi) is 10.4. The van der Waals surface area contributed by atoms with Gasteiger partial charge in [-0.15, -0.1) is 20.5 Å². The van der Waals surface area contributed by atoms with Gasteiger partial charge < -0.3 is 20.4 Å². The molecule has 0 atom stereocenters. The summed E-state index contributed by atoms with van der Waals surface area (Å²) in [5.74, 6) is -0.136. The maximum atomic E-state index is 10.3. The third kappa shape index (κ3) is 7.42. The molecule has 4 aromatic carbocycles. The summed E-state index contributed by atoms with van der Waals surface area (Å²) in [5.41, 5.74) is 3.74. The third-order valence-electron chi connectivity index (χ3n) is 6.29. The molecule has 0 radical (unpaired) electrons. The van der Waals surface area contributed by atoms with Crippen molar-refractivity contribution >= 4 is 22.7 Å². The van der Waals surface area contributed by atoms with Crippen LogP contribution in [0.1, 0.15) is 11.4 Å². The van der Waals surface area contributed by atoms with E-state index in [1.807, 2.05) is 60.7 Å². The van der Waals surface area contributed by atoms with Gasteiger partial charge in [0.25, 0.3) is 0 Å². The molecule has 0 aliphatic carbocycles. The van der Waals surface area contributed by atoms with Gasteiger partial charge in [-0.3, -0.25) is 0 Å². The van der Waals surface area contributed by atoms with E-state index >= 15 is 0 Å². The summed E-state index contributed by atoms with van der Waals surface area (Å²) in [7, 11) is 0. The molecule has 0 aliphatic rings. The minimum atomic E-state index is -0.0946. The molecule has 6 rings (SSSR count). The van der Waals surface area contributed by atoms with Crippen LogP contribution in [0.15, 0.2) is 130 Å². The van der Waals surface area contributed by atoms with Gasteiger partial charge in [-0.1, -0.05) is 60.7 Å². The van der Waals surface area contributed by atoms with Crippen LogP contribution in [-0.2, 0) is 17.4 Å². The van der Waals surface area contributed by atoms with Gasteiger partial charge in [-0.25, -0.2) is 0 Å². The molecule has 4 N–H and O–H groups in total. The molecule has 0 aliphatic heterocycles. The largest absolute Gasteiger partial charge is 0.506 e. The van der Waals surface area contributed by atoms with Crippen LogP contribution in [0.2, 0.25) is 0 Å². The van der Waals surface area contributed by atoms with Gasteiger partial charge in [0.2, 0.25) is 11.8 Å². The first-order valence-corrected chi connectivity index (χ1v) is 13.4. The minimum absolute atomic E-state index is 0. The number of nitrogens with zero attached hydrogens (tertiary/aromatic N) is 8. The maximum absolute atomic E-state index is 10.3. The molecule has 0 unspecified atom stereocenters. The molecule has 226 valence electrons. The first kappa shape index (κ1) is 32.2. The zero-order chi connectivity index (χ0) is 31.1. The van der Waals surface area contributed by atoms with E-state index in [0.717, 1.165) is 11.4 Å². The second-order valence-corrected chi connectivity index (χ2v) is 9.39. The van der Waals surface area contributed by atoms with Crippen molar-refractivity contribution in [1.29, 1.82) is 0 Å². The molecule has 12 nitrogen and oxygen atoms in total. The fourth-order valence-corrected chi connectivity index (χ4v) is 4.05. The van der Waals surface area contributed by atoms with Crippen molar-refractivity contribution in [3.63, 3.8) is 0 Å². The first-order chi connectivity index (χ1) is 21.3. The molecule has 2 heterocycles. The Morgan fingerprint density at radius 3 is 1.16 bits per heavy atom. The molecule has 0 bridgehead atoms. The number of aryl methyl sites for hydroxylation is 2. The smallest absolute Gasteiger partial charge is 0.243 e. The van der Waals surface area contributed by atoms with E-state index in [4.69, 9.17) is 0 Å². The SMILES string of the molecule is Cc1nn(-c2ccccc2)c(O)c1N=Nc1ccccc1O.Cc1nn(-c2ccccc2)c(O)c1N=Nc1ccccc1O.[Cr]. The first-order valence-electron chi connectivity index (χ1n) is 13.4. The van der Waals surface area contributed by atoms with E-state index in [-0.39, 0.29) is 52.0 Å². The monoisotopic (exact) mass is 640 g/mol. The molecule has 13 heteroatoms. The van der Waals surface area contributed by atoms with Gasteiger partial charge in [0.15, 0.2) is 11.4 Å². The van der Waals surface area contributed by atoms with Crippen LogP contribution in [0.3, 0.4) is 0 Å². The molecule has 0 saturated heterocycles. The number of benzene rings is 4. The number of phenols is 2. The Bertz CT molecular complexity index is 1800. The summed E-state index contributed by atoms with van der Waals surface area (Å²) in [6, 6.07) is 31.7. The number of aromatic hydroxyl groups is 4. The predicted octanol–water partition coefficient (Wildman–Crippen LogP) is 8.01. The fourth-order valence-electron chi connectivity index (χ4n) is 4.05. The van der Waals surface area contributed by atoms with Crippen LogP contribution >= 0.6 is 0 Å². The number of azo groups is 2. The van der Waals surface area contributed by atoms with Crippen LogP contribution in [0.4, 0.5) is 22.7 Å². The average Bonchev–Trinajstić information content (AvgIpc) is 3.50. The standard InChI is InChI=1S/2C16H14N4O2.Cr/c2*1-11-15(18-17-13-9-5-6-10-14(13)21)16(22)20(19-11)12-7-3-2-4-8-12;/h2*2-10,21-22H,1H3;. The van der Waals surface area contributed by atoms with Crippen molar-refractivity contribution in [3.8, 4) is 34.6 Å². The van der Waals surface area contributed by atoms with Crippen molar-refractivity contribution < 1.29 is 37.8 Å². The molecular weight excluding hydrogens is 612 g/mol. The zero-order valence-corrected chi connectivity index (χ0v) is 25.4. The van der Waals surface area contributed by atoms with E-state index in [2.05, 4.69) is 30.7 Å². The normalized spacial score (nSPS) is 10.9. The molecule has 0 fully saturated rings. The molecule has 6 aromatic rings. The average molecular weight is 641 g/mol. The number of aromatic nitrogens is 4. The fraction of sp³-hybridized carbons (Fsp3) is 0.0625. The zero-order valence-electron chi connectivity index (χ0n) is 24.2. The van der Waals surface area contributed by atoms with Crippen LogP contribution in [-0.4, -0.2) is 40.0 Å². The molecule has 0 amide bonds. The van der Waals surface area contributed by atoms with Gasteiger partial charge in [-0.05, 0) is 62.4 Å². The quantitative estimate of drug-likeness (QED) is 0.135.